The minimum Gasteiger partial charge on any atom is -0.448 e. The lowest BCUT2D eigenvalue weighted by Crippen LogP contribution is -2.32. The lowest BCUT2D eigenvalue weighted by atomic mass is 9.92. The van der Waals surface area contributed by atoms with Crippen LogP contribution >= 0.6 is 0 Å². The van der Waals surface area contributed by atoms with E-state index in [0.29, 0.717) is 17.9 Å². The summed E-state index contributed by atoms with van der Waals surface area (Å²) in [7, 11) is 0. The van der Waals surface area contributed by atoms with E-state index in [9.17, 15) is 4.79 Å². The van der Waals surface area contributed by atoms with Crippen LogP contribution in [0.5, 0.6) is 0 Å². The van der Waals surface area contributed by atoms with Gasteiger partial charge in [-0.2, -0.15) is 0 Å². The van der Waals surface area contributed by atoms with Crippen molar-refractivity contribution in [1.82, 2.24) is 20.3 Å². The van der Waals surface area contributed by atoms with E-state index in [4.69, 9.17) is 9.40 Å². The van der Waals surface area contributed by atoms with E-state index in [1.165, 1.54) is 6.39 Å². The Morgan fingerprint density at radius 3 is 2.92 bits per heavy atom. The number of carbonyl (C=O) groups excluding carboxylic acids is 1. The third kappa shape index (κ3) is 3.10. The van der Waals surface area contributed by atoms with Crippen molar-refractivity contribution in [3.8, 4) is 11.4 Å². The Bertz CT molecular complexity index is 921. The van der Waals surface area contributed by atoms with Crippen LogP contribution < -0.4 is 5.32 Å². The van der Waals surface area contributed by atoms with Crippen molar-refractivity contribution in [2.24, 2.45) is 0 Å². The van der Waals surface area contributed by atoms with E-state index in [0.717, 1.165) is 41.9 Å². The SMILES string of the molecule is CCc1ocnc1C(=O)N[C@H]1CCCc2nc(-c3ccccc3)ncc21. The van der Waals surface area contributed by atoms with Gasteiger partial charge in [-0.3, -0.25) is 4.79 Å². The lowest BCUT2D eigenvalue weighted by Gasteiger charge is -2.25. The summed E-state index contributed by atoms with van der Waals surface area (Å²) in [5.41, 5.74) is 3.36. The molecule has 0 spiro atoms. The predicted molar refractivity (Wildman–Crippen MR) is 96.5 cm³/mol. The molecule has 1 aromatic carbocycles. The summed E-state index contributed by atoms with van der Waals surface area (Å²) in [6.07, 6.45) is 6.53. The van der Waals surface area contributed by atoms with Crippen LogP contribution in [-0.4, -0.2) is 20.9 Å². The number of nitrogens with zero attached hydrogens (tertiary/aromatic N) is 3. The molecule has 4 rings (SSSR count). The van der Waals surface area contributed by atoms with Gasteiger partial charge >= 0.3 is 0 Å². The predicted octanol–water partition coefficient (Wildman–Crippen LogP) is 3.50. The average molecular weight is 348 g/mol. The molecule has 0 aliphatic heterocycles. The minimum absolute atomic E-state index is 0.0996. The normalized spacial score (nSPS) is 16.1. The van der Waals surface area contributed by atoms with E-state index in [2.05, 4.69) is 15.3 Å². The highest BCUT2D eigenvalue weighted by molar-refractivity contribution is 5.93. The molecular formula is C20H20N4O2. The van der Waals surface area contributed by atoms with Crippen LogP contribution in [0.3, 0.4) is 0 Å². The van der Waals surface area contributed by atoms with Gasteiger partial charge in [0, 0.05) is 29.4 Å². The van der Waals surface area contributed by atoms with Gasteiger partial charge < -0.3 is 9.73 Å². The second-order valence-electron chi connectivity index (χ2n) is 6.36. The van der Waals surface area contributed by atoms with Gasteiger partial charge in [-0.1, -0.05) is 37.3 Å². The van der Waals surface area contributed by atoms with Crippen molar-refractivity contribution in [2.75, 3.05) is 0 Å². The maximum Gasteiger partial charge on any atom is 0.274 e. The fourth-order valence-corrected chi connectivity index (χ4v) is 3.36. The van der Waals surface area contributed by atoms with Crippen LogP contribution in [0.15, 0.2) is 47.3 Å². The number of fused-ring (bicyclic) bond motifs is 1. The van der Waals surface area contributed by atoms with Gasteiger partial charge in [0.2, 0.25) is 0 Å². The molecular weight excluding hydrogens is 328 g/mol. The Labute approximate surface area is 151 Å². The first kappa shape index (κ1) is 16.4. The van der Waals surface area contributed by atoms with Crippen molar-refractivity contribution in [3.05, 3.63) is 65.6 Å². The molecule has 0 radical (unpaired) electrons. The van der Waals surface area contributed by atoms with E-state index in [-0.39, 0.29) is 11.9 Å². The lowest BCUT2D eigenvalue weighted by molar-refractivity contribution is 0.0926. The first-order valence-electron chi connectivity index (χ1n) is 8.90. The number of benzene rings is 1. The molecule has 0 saturated carbocycles. The van der Waals surface area contributed by atoms with Gasteiger partial charge in [-0.25, -0.2) is 15.0 Å². The summed E-state index contributed by atoms with van der Waals surface area (Å²) < 4.78 is 5.26. The van der Waals surface area contributed by atoms with E-state index in [1.807, 2.05) is 43.5 Å². The van der Waals surface area contributed by atoms with Gasteiger partial charge in [0.15, 0.2) is 17.9 Å². The van der Waals surface area contributed by atoms with Crippen molar-refractivity contribution < 1.29 is 9.21 Å². The van der Waals surface area contributed by atoms with Crippen molar-refractivity contribution in [1.29, 1.82) is 0 Å². The molecule has 1 N–H and O–H groups in total. The third-order valence-electron chi connectivity index (χ3n) is 4.70. The monoisotopic (exact) mass is 348 g/mol. The molecule has 132 valence electrons. The van der Waals surface area contributed by atoms with Gasteiger partial charge in [0.05, 0.1) is 6.04 Å². The molecule has 6 nitrogen and oxygen atoms in total. The highest BCUT2D eigenvalue weighted by Gasteiger charge is 2.26. The van der Waals surface area contributed by atoms with Gasteiger partial charge in [0.25, 0.3) is 5.91 Å². The summed E-state index contributed by atoms with van der Waals surface area (Å²) in [6.45, 7) is 1.94. The van der Waals surface area contributed by atoms with Crippen LogP contribution in [-0.2, 0) is 12.8 Å². The number of amides is 1. The van der Waals surface area contributed by atoms with Gasteiger partial charge in [0.1, 0.15) is 5.76 Å². The second-order valence-corrected chi connectivity index (χ2v) is 6.36. The number of aromatic nitrogens is 3. The maximum atomic E-state index is 12.6. The van der Waals surface area contributed by atoms with Crippen LogP contribution in [0.2, 0.25) is 0 Å². The molecule has 26 heavy (non-hydrogen) atoms. The molecule has 0 saturated heterocycles. The van der Waals surface area contributed by atoms with E-state index < -0.39 is 0 Å². The fraction of sp³-hybridized carbons (Fsp3) is 0.300. The van der Waals surface area contributed by atoms with Crippen LogP contribution in [0.4, 0.5) is 0 Å². The first-order chi connectivity index (χ1) is 12.8. The third-order valence-corrected chi connectivity index (χ3v) is 4.70. The maximum absolute atomic E-state index is 12.6. The smallest absolute Gasteiger partial charge is 0.274 e. The Balaban J connectivity index is 1.59. The summed E-state index contributed by atoms with van der Waals surface area (Å²) in [5.74, 6) is 1.12. The standard InChI is InChI=1S/C20H20N4O2/c1-2-17-18(22-12-26-17)20(25)24-16-10-6-9-15-14(16)11-21-19(23-15)13-7-4-3-5-8-13/h3-5,7-8,11-12,16H,2,6,9-10H2,1H3,(H,24,25)/t16-/m0/s1. The molecule has 2 aromatic heterocycles. The highest BCUT2D eigenvalue weighted by atomic mass is 16.3. The second kappa shape index (κ2) is 7.07. The van der Waals surface area contributed by atoms with Crippen molar-refractivity contribution >= 4 is 5.91 Å². The molecule has 1 aliphatic rings. The topological polar surface area (TPSA) is 80.9 Å². The number of carbonyl (C=O) groups is 1. The zero-order valence-electron chi connectivity index (χ0n) is 14.6. The molecule has 2 heterocycles. The van der Waals surface area contributed by atoms with Crippen LogP contribution in [0.1, 0.15) is 53.3 Å². The quantitative estimate of drug-likeness (QED) is 0.780. The number of oxazole rings is 1. The van der Waals surface area contributed by atoms with Crippen molar-refractivity contribution in [2.45, 2.75) is 38.6 Å². The molecule has 6 heteroatoms. The molecule has 0 bridgehead atoms. The summed E-state index contributed by atoms with van der Waals surface area (Å²) in [6, 6.07) is 9.83. The van der Waals surface area contributed by atoms with Crippen LogP contribution in [0, 0.1) is 0 Å². The average Bonchev–Trinajstić information content (AvgIpc) is 3.17. The largest absolute Gasteiger partial charge is 0.448 e. The molecule has 1 aliphatic carbocycles. The summed E-state index contributed by atoms with van der Waals surface area (Å²) in [5, 5.41) is 3.07. The van der Waals surface area contributed by atoms with Gasteiger partial charge in [-0.15, -0.1) is 0 Å². The zero-order chi connectivity index (χ0) is 17.9. The molecule has 0 unspecified atom stereocenters. The summed E-state index contributed by atoms with van der Waals surface area (Å²) in [4.78, 5) is 25.9. The van der Waals surface area contributed by atoms with Gasteiger partial charge in [-0.05, 0) is 19.3 Å². The molecule has 1 atom stereocenters. The number of nitrogens with one attached hydrogen (secondary N) is 1. The van der Waals surface area contributed by atoms with Crippen LogP contribution in [0.25, 0.3) is 11.4 Å². The Morgan fingerprint density at radius 1 is 1.27 bits per heavy atom. The van der Waals surface area contributed by atoms with E-state index >= 15 is 0 Å². The molecule has 0 fully saturated rings. The van der Waals surface area contributed by atoms with Crippen molar-refractivity contribution in [3.63, 3.8) is 0 Å². The fourth-order valence-electron chi connectivity index (χ4n) is 3.36. The number of hydrogen-bond acceptors (Lipinski definition) is 5. The zero-order valence-corrected chi connectivity index (χ0v) is 14.6. The first-order valence-corrected chi connectivity index (χ1v) is 8.90. The number of rotatable bonds is 4. The van der Waals surface area contributed by atoms with E-state index in [1.54, 1.807) is 0 Å². The molecule has 3 aromatic rings. The number of hydrogen-bond donors (Lipinski definition) is 1. The highest BCUT2D eigenvalue weighted by Crippen LogP contribution is 2.30. The Hall–Kier alpha value is -3.02. The summed E-state index contributed by atoms with van der Waals surface area (Å²) >= 11 is 0. The Kier molecular flexibility index (Phi) is 4.48. The Morgan fingerprint density at radius 2 is 2.12 bits per heavy atom. The minimum atomic E-state index is -0.208. The number of aryl methyl sites for hydroxylation is 2. The molecule has 1 amide bonds.